The fourth-order valence-corrected chi connectivity index (χ4v) is 2.94. The highest BCUT2D eigenvalue weighted by molar-refractivity contribution is 8.00. The molecule has 1 atom stereocenters. The summed E-state index contributed by atoms with van der Waals surface area (Å²) in [4.78, 5) is 12.3. The van der Waals surface area contributed by atoms with Crippen molar-refractivity contribution in [1.29, 1.82) is 0 Å². The number of benzene rings is 1. The van der Waals surface area contributed by atoms with Crippen molar-refractivity contribution in [2.24, 2.45) is 0 Å². The lowest BCUT2D eigenvalue weighted by Crippen LogP contribution is -2.23. The fraction of sp³-hybridized carbons (Fsp3) is 0.312. The molecule has 25 heavy (non-hydrogen) atoms. The maximum absolute atomic E-state index is 12.3. The molecule has 0 aliphatic carbocycles. The van der Waals surface area contributed by atoms with Crippen LogP contribution < -0.4 is 5.32 Å². The van der Waals surface area contributed by atoms with Gasteiger partial charge < -0.3 is 9.84 Å². The van der Waals surface area contributed by atoms with Crippen LogP contribution in [0.2, 0.25) is 0 Å². The van der Waals surface area contributed by atoms with Gasteiger partial charge in [0, 0.05) is 6.07 Å². The Bertz CT molecular complexity index is 904. The van der Waals surface area contributed by atoms with Gasteiger partial charge in [0.2, 0.25) is 11.1 Å². The minimum absolute atomic E-state index is 0.201. The van der Waals surface area contributed by atoms with Crippen molar-refractivity contribution in [3.05, 3.63) is 41.2 Å². The van der Waals surface area contributed by atoms with E-state index in [0.29, 0.717) is 16.7 Å². The molecule has 1 aromatic carbocycles. The molecule has 0 spiro atoms. The van der Waals surface area contributed by atoms with Crippen LogP contribution in [0.4, 0.5) is 5.82 Å². The summed E-state index contributed by atoms with van der Waals surface area (Å²) in [5.74, 6) is 0.825. The van der Waals surface area contributed by atoms with E-state index in [0.717, 1.165) is 11.3 Å². The number of hydrogen-bond acceptors (Lipinski definition) is 7. The molecule has 0 saturated heterocycles. The molecule has 1 unspecified atom stereocenters. The third-order valence-electron chi connectivity index (χ3n) is 3.71. The molecule has 9 heteroatoms. The second-order valence-corrected chi connectivity index (χ2v) is 7.02. The third kappa shape index (κ3) is 3.87. The van der Waals surface area contributed by atoms with Crippen molar-refractivity contribution >= 4 is 23.5 Å². The van der Waals surface area contributed by atoms with Gasteiger partial charge in [0.05, 0.1) is 10.9 Å². The summed E-state index contributed by atoms with van der Waals surface area (Å²) in [5.41, 5.74) is 3.20. The lowest BCUT2D eigenvalue weighted by molar-refractivity contribution is -0.115. The molecular formula is C16H18N6O2S. The Morgan fingerprint density at radius 3 is 2.72 bits per heavy atom. The maximum atomic E-state index is 12.3. The van der Waals surface area contributed by atoms with E-state index in [2.05, 4.69) is 26.0 Å². The summed E-state index contributed by atoms with van der Waals surface area (Å²) in [6, 6.07) is 7.64. The first-order valence-electron chi connectivity index (χ1n) is 7.71. The van der Waals surface area contributed by atoms with Gasteiger partial charge in [0.25, 0.3) is 0 Å². The summed E-state index contributed by atoms with van der Waals surface area (Å²) in [6.07, 6.45) is 0. The number of hydrogen-bond donors (Lipinski definition) is 1. The molecule has 8 nitrogen and oxygen atoms in total. The van der Waals surface area contributed by atoms with E-state index < -0.39 is 5.25 Å². The van der Waals surface area contributed by atoms with E-state index in [1.807, 2.05) is 32.0 Å². The molecule has 1 N–H and O–H groups in total. The number of aryl methyl sites for hydroxylation is 3. The van der Waals surface area contributed by atoms with Gasteiger partial charge in [0.15, 0.2) is 5.82 Å². The Labute approximate surface area is 149 Å². The molecule has 3 aromatic rings. The molecule has 130 valence electrons. The zero-order valence-electron chi connectivity index (χ0n) is 14.3. The zero-order valence-corrected chi connectivity index (χ0v) is 15.2. The van der Waals surface area contributed by atoms with Crippen molar-refractivity contribution < 1.29 is 9.32 Å². The van der Waals surface area contributed by atoms with Crippen LogP contribution in [-0.2, 0) is 4.79 Å². The first kappa shape index (κ1) is 17.2. The molecule has 0 bridgehead atoms. The molecule has 0 aliphatic rings. The van der Waals surface area contributed by atoms with Gasteiger partial charge in [-0.25, -0.2) is 0 Å². The minimum Gasteiger partial charge on any atom is -0.360 e. The first-order valence-corrected chi connectivity index (χ1v) is 8.59. The summed E-state index contributed by atoms with van der Waals surface area (Å²) < 4.78 is 6.57. The Morgan fingerprint density at radius 1 is 1.24 bits per heavy atom. The van der Waals surface area contributed by atoms with E-state index in [1.54, 1.807) is 24.6 Å². The quantitative estimate of drug-likeness (QED) is 0.700. The van der Waals surface area contributed by atoms with E-state index in [9.17, 15) is 4.79 Å². The average molecular weight is 358 g/mol. The molecule has 2 aromatic heterocycles. The number of carbonyl (C=O) groups excluding carboxylic acids is 1. The van der Waals surface area contributed by atoms with Gasteiger partial charge in [-0.1, -0.05) is 23.0 Å². The van der Waals surface area contributed by atoms with Gasteiger partial charge in [-0.2, -0.15) is 4.68 Å². The molecular weight excluding hydrogens is 340 g/mol. The van der Waals surface area contributed by atoms with Crippen molar-refractivity contribution in [3.8, 4) is 5.69 Å². The number of amides is 1. The zero-order chi connectivity index (χ0) is 18.0. The SMILES string of the molecule is Cc1cc(NC(=O)C(C)Sc2nnnn2-c2ccc(C)c(C)c2)no1. The van der Waals surface area contributed by atoms with Gasteiger partial charge in [-0.3, -0.25) is 4.79 Å². The van der Waals surface area contributed by atoms with Crippen LogP contribution in [0, 0.1) is 20.8 Å². The van der Waals surface area contributed by atoms with E-state index in [-0.39, 0.29) is 5.91 Å². The number of aromatic nitrogens is 5. The number of nitrogens with zero attached hydrogens (tertiary/aromatic N) is 5. The van der Waals surface area contributed by atoms with Gasteiger partial charge in [-0.15, -0.1) is 5.10 Å². The summed E-state index contributed by atoms with van der Waals surface area (Å²) in [5, 5.41) is 18.4. The minimum atomic E-state index is -0.409. The Balaban J connectivity index is 1.73. The second-order valence-electron chi connectivity index (χ2n) is 5.71. The normalized spacial score (nSPS) is 12.2. The fourth-order valence-electron chi connectivity index (χ4n) is 2.14. The predicted octanol–water partition coefficient (Wildman–Crippen LogP) is 2.69. The molecule has 3 rings (SSSR count). The average Bonchev–Trinajstić information content (AvgIpc) is 3.19. The summed E-state index contributed by atoms with van der Waals surface area (Å²) in [6.45, 7) is 7.63. The van der Waals surface area contributed by atoms with E-state index >= 15 is 0 Å². The Hall–Kier alpha value is -2.68. The highest BCUT2D eigenvalue weighted by Crippen LogP contribution is 2.24. The molecule has 0 aliphatic heterocycles. The van der Waals surface area contributed by atoms with E-state index in [4.69, 9.17) is 4.52 Å². The van der Waals surface area contributed by atoms with Crippen molar-refractivity contribution in [1.82, 2.24) is 25.4 Å². The third-order valence-corrected chi connectivity index (χ3v) is 4.74. The largest absolute Gasteiger partial charge is 0.360 e. The Morgan fingerprint density at radius 2 is 2.04 bits per heavy atom. The number of tetrazole rings is 1. The summed E-state index contributed by atoms with van der Waals surface area (Å²) in [7, 11) is 0. The standard InChI is InChI=1S/C16H18N6O2S/c1-9-5-6-13(7-10(9)2)22-16(18-20-21-22)25-12(4)15(23)17-14-8-11(3)24-19-14/h5-8,12H,1-4H3,(H,17,19,23). The molecule has 1 amide bonds. The van der Waals surface area contributed by atoms with Crippen LogP contribution in [0.1, 0.15) is 23.8 Å². The molecule has 2 heterocycles. The van der Waals surface area contributed by atoms with E-state index in [1.165, 1.54) is 17.3 Å². The van der Waals surface area contributed by atoms with Gasteiger partial charge in [-0.05, 0) is 61.4 Å². The number of carbonyl (C=O) groups is 1. The van der Waals surface area contributed by atoms with Crippen molar-refractivity contribution in [3.63, 3.8) is 0 Å². The maximum Gasteiger partial charge on any atom is 0.238 e. The van der Waals surface area contributed by atoms with Crippen LogP contribution in [0.3, 0.4) is 0 Å². The number of rotatable bonds is 5. The first-order chi connectivity index (χ1) is 11.9. The number of nitrogens with one attached hydrogen (secondary N) is 1. The lowest BCUT2D eigenvalue weighted by Gasteiger charge is -2.11. The molecule has 0 radical (unpaired) electrons. The van der Waals surface area contributed by atoms with Crippen LogP contribution >= 0.6 is 11.8 Å². The number of anilines is 1. The second kappa shape index (κ2) is 7.06. The number of thioether (sulfide) groups is 1. The van der Waals surface area contributed by atoms with Crippen LogP contribution in [0.25, 0.3) is 5.69 Å². The van der Waals surface area contributed by atoms with Gasteiger partial charge in [0.1, 0.15) is 5.76 Å². The smallest absolute Gasteiger partial charge is 0.238 e. The molecule has 0 fully saturated rings. The Kier molecular flexibility index (Phi) is 4.84. The lowest BCUT2D eigenvalue weighted by atomic mass is 10.1. The monoisotopic (exact) mass is 358 g/mol. The highest BCUT2D eigenvalue weighted by atomic mass is 32.2. The van der Waals surface area contributed by atoms with Crippen LogP contribution in [-0.4, -0.2) is 36.5 Å². The highest BCUT2D eigenvalue weighted by Gasteiger charge is 2.20. The van der Waals surface area contributed by atoms with Crippen molar-refractivity contribution in [2.75, 3.05) is 5.32 Å². The van der Waals surface area contributed by atoms with Gasteiger partial charge >= 0.3 is 0 Å². The van der Waals surface area contributed by atoms with Crippen LogP contribution in [0.5, 0.6) is 0 Å². The van der Waals surface area contributed by atoms with Crippen LogP contribution in [0.15, 0.2) is 33.9 Å². The summed E-state index contributed by atoms with van der Waals surface area (Å²) >= 11 is 1.27. The molecule has 0 saturated carbocycles. The van der Waals surface area contributed by atoms with Crippen molar-refractivity contribution in [2.45, 2.75) is 38.1 Å². The predicted molar refractivity (Wildman–Crippen MR) is 93.8 cm³/mol. The topological polar surface area (TPSA) is 98.7 Å².